The maximum absolute atomic E-state index is 13.4. The van der Waals surface area contributed by atoms with Gasteiger partial charge in [0, 0.05) is 23.8 Å². The molecule has 1 unspecified atom stereocenters. The fourth-order valence-corrected chi connectivity index (χ4v) is 5.54. The minimum Gasteiger partial charge on any atom is -0.395 e. The summed E-state index contributed by atoms with van der Waals surface area (Å²) < 4.78 is 66.5. The largest absolute Gasteiger partial charge is 0.395 e. The number of aliphatic hydroxyl groups is 1. The Balaban J connectivity index is 1.80. The monoisotopic (exact) mass is 444 g/mol. The third kappa shape index (κ3) is 4.76. The van der Waals surface area contributed by atoms with E-state index >= 15 is 0 Å². The van der Waals surface area contributed by atoms with E-state index in [1.807, 2.05) is 0 Å². The first-order valence-corrected chi connectivity index (χ1v) is 11.1. The summed E-state index contributed by atoms with van der Waals surface area (Å²) in [5.74, 6) is -1.75. The predicted octanol–water partition coefficient (Wildman–Crippen LogP) is 3.48. The van der Waals surface area contributed by atoms with Gasteiger partial charge in [0.1, 0.15) is 5.82 Å². The lowest BCUT2D eigenvalue weighted by Gasteiger charge is -2.34. The number of piperidine rings is 1. The van der Waals surface area contributed by atoms with Crippen molar-refractivity contribution in [2.75, 3.05) is 18.5 Å². The molecule has 3 rings (SSSR count). The lowest BCUT2D eigenvalue weighted by atomic mass is 10.1. The molecule has 1 aromatic rings. The van der Waals surface area contributed by atoms with Crippen molar-refractivity contribution in [1.82, 2.24) is 4.31 Å². The van der Waals surface area contributed by atoms with Gasteiger partial charge in [0.25, 0.3) is 12.3 Å². The molecule has 6 nitrogen and oxygen atoms in total. The maximum atomic E-state index is 13.4. The molecule has 1 amide bonds. The summed E-state index contributed by atoms with van der Waals surface area (Å²) in [4.78, 5) is 12.6. The number of benzene rings is 1. The number of sulfonamides is 1. The lowest BCUT2D eigenvalue weighted by molar-refractivity contribution is -0.112. The van der Waals surface area contributed by atoms with Crippen molar-refractivity contribution in [3.05, 3.63) is 52.2 Å². The summed E-state index contributed by atoms with van der Waals surface area (Å²) >= 11 is 0. The number of allylic oxidation sites excluding steroid dienone is 2. The zero-order valence-corrected chi connectivity index (χ0v) is 17.0. The van der Waals surface area contributed by atoms with Crippen LogP contribution in [0.1, 0.15) is 44.1 Å². The van der Waals surface area contributed by atoms with Crippen LogP contribution in [0.3, 0.4) is 0 Å². The average Bonchev–Trinajstić information content (AvgIpc) is 2.74. The zero-order chi connectivity index (χ0) is 21.9. The summed E-state index contributed by atoms with van der Waals surface area (Å²) in [6, 6.07) is 2.36. The van der Waals surface area contributed by atoms with Crippen LogP contribution in [0, 0.1) is 5.82 Å². The van der Waals surface area contributed by atoms with Gasteiger partial charge in [0.15, 0.2) is 0 Å². The molecular weight excluding hydrogens is 421 g/mol. The first kappa shape index (κ1) is 22.5. The molecule has 164 valence electrons. The number of carbonyl (C=O) groups excluding carboxylic acids is 1. The second-order valence-corrected chi connectivity index (χ2v) is 9.19. The lowest BCUT2D eigenvalue weighted by Crippen LogP contribution is -2.46. The number of nitrogens with zero attached hydrogens (tertiary/aromatic N) is 1. The number of aliphatic hydroxyl groups excluding tert-OH is 1. The van der Waals surface area contributed by atoms with Crippen LogP contribution in [-0.4, -0.2) is 42.9 Å². The number of halogens is 3. The third-order valence-electron chi connectivity index (χ3n) is 5.25. The summed E-state index contributed by atoms with van der Waals surface area (Å²) in [7, 11) is -3.84. The van der Waals surface area contributed by atoms with E-state index in [9.17, 15) is 31.5 Å². The fourth-order valence-electron chi connectivity index (χ4n) is 3.65. The molecule has 0 radical (unpaired) electrons. The zero-order valence-electron chi connectivity index (χ0n) is 16.2. The Bertz CT molecular complexity index is 976. The van der Waals surface area contributed by atoms with E-state index in [0.29, 0.717) is 25.8 Å². The normalized spacial score (nSPS) is 20.6. The number of anilines is 1. The molecule has 2 aliphatic rings. The first-order valence-electron chi connectivity index (χ1n) is 9.66. The topological polar surface area (TPSA) is 86.7 Å². The van der Waals surface area contributed by atoms with E-state index in [4.69, 9.17) is 0 Å². The van der Waals surface area contributed by atoms with Crippen molar-refractivity contribution in [3.8, 4) is 0 Å². The van der Waals surface area contributed by atoms with Gasteiger partial charge in [-0.15, -0.1) is 0 Å². The molecule has 1 aliphatic carbocycles. The standard InChI is InChI=1S/C20H23F3N2O4S/c21-18-8-7-14(11-17(18)19(22)23)24-20(27)13-4-3-6-16(10-13)30(28,29)25-9-2-1-5-15(25)12-26/h4,7-8,10-11,15,19,26H,1-3,5-6,9,12H2,(H,24,27). The van der Waals surface area contributed by atoms with Crippen LogP contribution >= 0.6 is 0 Å². The maximum Gasteiger partial charge on any atom is 0.266 e. The van der Waals surface area contributed by atoms with E-state index in [1.165, 1.54) is 10.4 Å². The number of nitrogens with one attached hydrogen (secondary N) is 1. The Hall–Kier alpha value is -2.17. The van der Waals surface area contributed by atoms with Crippen molar-refractivity contribution >= 4 is 21.6 Å². The quantitative estimate of drug-likeness (QED) is 0.703. The Morgan fingerprint density at radius 3 is 2.77 bits per heavy atom. The fraction of sp³-hybridized carbons (Fsp3) is 0.450. The number of carbonyl (C=O) groups is 1. The van der Waals surface area contributed by atoms with E-state index in [0.717, 1.165) is 24.6 Å². The Labute approximate surface area is 173 Å². The summed E-state index contributed by atoms with van der Waals surface area (Å²) in [6.07, 6.45) is 2.45. The molecule has 0 saturated carbocycles. The molecule has 0 aromatic heterocycles. The van der Waals surface area contributed by atoms with Gasteiger partial charge < -0.3 is 10.4 Å². The van der Waals surface area contributed by atoms with Gasteiger partial charge in [-0.2, -0.15) is 4.31 Å². The summed E-state index contributed by atoms with van der Waals surface area (Å²) in [5, 5.41) is 11.9. The van der Waals surface area contributed by atoms with Crippen molar-refractivity contribution in [2.24, 2.45) is 0 Å². The highest BCUT2D eigenvalue weighted by Gasteiger charge is 2.35. The Morgan fingerprint density at radius 2 is 2.07 bits per heavy atom. The van der Waals surface area contributed by atoms with Gasteiger partial charge in [-0.05, 0) is 50.0 Å². The average molecular weight is 444 g/mol. The Kier molecular flexibility index (Phi) is 6.99. The highest BCUT2D eigenvalue weighted by molar-refractivity contribution is 7.93. The highest BCUT2D eigenvalue weighted by atomic mass is 32.2. The number of alkyl halides is 2. The molecule has 1 atom stereocenters. The molecule has 2 N–H and O–H groups in total. The SMILES string of the molecule is O=C(Nc1ccc(F)c(C(F)F)c1)C1=CCCC(S(=O)(=O)N2CCCCC2CO)=C1. The van der Waals surface area contributed by atoms with Gasteiger partial charge in [-0.1, -0.05) is 12.5 Å². The smallest absolute Gasteiger partial charge is 0.266 e. The van der Waals surface area contributed by atoms with Crippen molar-refractivity contribution in [1.29, 1.82) is 0 Å². The Morgan fingerprint density at radius 1 is 1.30 bits per heavy atom. The molecule has 10 heteroatoms. The molecule has 0 spiro atoms. The van der Waals surface area contributed by atoms with Gasteiger partial charge in [0.2, 0.25) is 10.0 Å². The molecule has 1 heterocycles. The number of rotatable bonds is 6. The molecule has 1 aromatic carbocycles. The van der Waals surface area contributed by atoms with E-state index < -0.39 is 39.8 Å². The number of amides is 1. The van der Waals surface area contributed by atoms with Crippen LogP contribution in [-0.2, 0) is 14.8 Å². The minimum atomic E-state index is -3.84. The number of hydrogen-bond donors (Lipinski definition) is 2. The highest BCUT2D eigenvalue weighted by Crippen LogP contribution is 2.30. The second kappa shape index (κ2) is 9.32. The van der Waals surface area contributed by atoms with Crippen molar-refractivity contribution in [3.63, 3.8) is 0 Å². The molecule has 30 heavy (non-hydrogen) atoms. The molecular formula is C20H23F3N2O4S. The molecule has 1 fully saturated rings. The van der Waals surface area contributed by atoms with Crippen LogP contribution in [0.2, 0.25) is 0 Å². The third-order valence-corrected chi connectivity index (χ3v) is 7.33. The predicted molar refractivity (Wildman–Crippen MR) is 106 cm³/mol. The number of hydrogen-bond acceptors (Lipinski definition) is 4. The second-order valence-electron chi connectivity index (χ2n) is 7.25. The minimum absolute atomic E-state index is 0.0163. The van der Waals surface area contributed by atoms with Crippen LogP contribution < -0.4 is 5.32 Å². The van der Waals surface area contributed by atoms with E-state index in [2.05, 4.69) is 5.32 Å². The van der Waals surface area contributed by atoms with Crippen LogP contribution in [0.25, 0.3) is 0 Å². The molecule has 1 aliphatic heterocycles. The van der Waals surface area contributed by atoms with Gasteiger partial charge in [-0.25, -0.2) is 21.6 Å². The van der Waals surface area contributed by atoms with Crippen LogP contribution in [0.5, 0.6) is 0 Å². The van der Waals surface area contributed by atoms with Crippen LogP contribution in [0.15, 0.2) is 40.8 Å². The van der Waals surface area contributed by atoms with Gasteiger partial charge >= 0.3 is 0 Å². The first-order chi connectivity index (χ1) is 14.2. The van der Waals surface area contributed by atoms with Crippen molar-refractivity contribution in [2.45, 2.75) is 44.6 Å². The molecule has 0 bridgehead atoms. The summed E-state index contributed by atoms with van der Waals surface area (Å²) in [5.41, 5.74) is -0.762. The summed E-state index contributed by atoms with van der Waals surface area (Å²) in [6.45, 7) is 0.0366. The van der Waals surface area contributed by atoms with Crippen molar-refractivity contribution < 1.29 is 31.5 Å². The molecule has 1 saturated heterocycles. The van der Waals surface area contributed by atoms with Gasteiger partial charge in [0.05, 0.1) is 17.1 Å². The van der Waals surface area contributed by atoms with Gasteiger partial charge in [-0.3, -0.25) is 4.79 Å². The van der Waals surface area contributed by atoms with E-state index in [-0.39, 0.29) is 29.2 Å². The van der Waals surface area contributed by atoms with E-state index in [1.54, 1.807) is 6.08 Å². The van der Waals surface area contributed by atoms with Crippen LogP contribution in [0.4, 0.5) is 18.9 Å².